The first-order valence-corrected chi connectivity index (χ1v) is 7.58. The van der Waals surface area contributed by atoms with Gasteiger partial charge in [-0.15, -0.1) is 0 Å². The zero-order valence-corrected chi connectivity index (χ0v) is 12.4. The number of benzene rings is 1. The van der Waals surface area contributed by atoms with Crippen LogP contribution in [0.25, 0.3) is 0 Å². The zero-order valence-electron chi connectivity index (χ0n) is 11.6. The lowest BCUT2D eigenvalue weighted by molar-refractivity contribution is -0.132. The average molecular weight is 308 g/mol. The van der Waals surface area contributed by atoms with Gasteiger partial charge in [0.1, 0.15) is 5.92 Å². The minimum absolute atomic E-state index is 0.124. The largest absolute Gasteiger partial charge is 0.355 e. The fourth-order valence-electron chi connectivity index (χ4n) is 2.66. The van der Waals surface area contributed by atoms with Crippen molar-refractivity contribution >= 4 is 29.1 Å². The van der Waals surface area contributed by atoms with Gasteiger partial charge >= 0.3 is 0 Å². The lowest BCUT2D eigenvalue weighted by Gasteiger charge is -2.27. The Bertz CT molecular complexity index is 542. The fraction of sp³-hybridized carbons (Fsp3) is 0.467. The third kappa shape index (κ3) is 3.04. The molecule has 2 saturated heterocycles. The molecule has 0 aliphatic carbocycles. The van der Waals surface area contributed by atoms with E-state index < -0.39 is 5.92 Å². The SMILES string of the molecule is O=C(NCC1CNC1)C1CCN(c2ccc(Cl)cc2)C1=O. The van der Waals surface area contributed by atoms with E-state index in [4.69, 9.17) is 11.6 Å². The van der Waals surface area contributed by atoms with Crippen molar-refractivity contribution in [3.63, 3.8) is 0 Å². The zero-order chi connectivity index (χ0) is 14.8. The van der Waals surface area contributed by atoms with Crippen LogP contribution in [0.5, 0.6) is 0 Å². The molecule has 1 aromatic carbocycles. The number of rotatable bonds is 4. The summed E-state index contributed by atoms with van der Waals surface area (Å²) in [4.78, 5) is 26.2. The highest BCUT2D eigenvalue weighted by Gasteiger charge is 2.37. The van der Waals surface area contributed by atoms with Crippen LogP contribution in [0.2, 0.25) is 5.02 Å². The van der Waals surface area contributed by atoms with E-state index in [2.05, 4.69) is 10.6 Å². The molecule has 0 radical (unpaired) electrons. The molecule has 0 spiro atoms. The van der Waals surface area contributed by atoms with Crippen molar-refractivity contribution in [2.24, 2.45) is 11.8 Å². The number of nitrogens with one attached hydrogen (secondary N) is 2. The topological polar surface area (TPSA) is 61.4 Å². The third-order valence-corrected chi connectivity index (χ3v) is 4.34. The molecule has 112 valence electrons. The Morgan fingerprint density at radius 1 is 1.33 bits per heavy atom. The van der Waals surface area contributed by atoms with Gasteiger partial charge in [-0.05, 0) is 30.7 Å². The van der Waals surface area contributed by atoms with Gasteiger partial charge in [0.15, 0.2) is 0 Å². The second-order valence-electron chi connectivity index (χ2n) is 5.58. The van der Waals surface area contributed by atoms with E-state index in [0.717, 1.165) is 18.8 Å². The Hall–Kier alpha value is -1.59. The van der Waals surface area contributed by atoms with Gasteiger partial charge in [0.25, 0.3) is 0 Å². The first-order valence-electron chi connectivity index (χ1n) is 7.20. The van der Waals surface area contributed by atoms with E-state index in [9.17, 15) is 9.59 Å². The number of halogens is 1. The van der Waals surface area contributed by atoms with Gasteiger partial charge in [-0.25, -0.2) is 0 Å². The van der Waals surface area contributed by atoms with Crippen LogP contribution in [0, 0.1) is 11.8 Å². The number of carbonyl (C=O) groups excluding carboxylic acids is 2. The first kappa shape index (κ1) is 14.4. The summed E-state index contributed by atoms with van der Waals surface area (Å²) in [5, 5.41) is 6.68. The van der Waals surface area contributed by atoms with E-state index in [1.807, 2.05) is 0 Å². The molecular weight excluding hydrogens is 290 g/mol. The van der Waals surface area contributed by atoms with Crippen molar-refractivity contribution in [1.29, 1.82) is 0 Å². The molecule has 2 N–H and O–H groups in total. The quantitative estimate of drug-likeness (QED) is 0.817. The molecule has 2 heterocycles. The minimum atomic E-state index is -0.561. The summed E-state index contributed by atoms with van der Waals surface area (Å²) in [6.45, 7) is 3.10. The van der Waals surface area contributed by atoms with Gasteiger partial charge in [-0.3, -0.25) is 9.59 Å². The van der Waals surface area contributed by atoms with Crippen LogP contribution in [0.3, 0.4) is 0 Å². The monoisotopic (exact) mass is 307 g/mol. The molecule has 5 nitrogen and oxygen atoms in total. The molecule has 6 heteroatoms. The molecule has 21 heavy (non-hydrogen) atoms. The van der Waals surface area contributed by atoms with Crippen molar-refractivity contribution in [2.75, 3.05) is 31.1 Å². The van der Waals surface area contributed by atoms with Crippen LogP contribution in [0.1, 0.15) is 6.42 Å². The standard InChI is InChI=1S/C15H18ClN3O2/c16-11-1-3-12(4-2-11)19-6-5-13(15(19)21)14(20)18-9-10-7-17-8-10/h1-4,10,13,17H,5-9H2,(H,18,20). The average Bonchev–Trinajstić information content (AvgIpc) is 2.80. The maximum absolute atomic E-state index is 12.4. The van der Waals surface area contributed by atoms with Gasteiger partial charge in [0.05, 0.1) is 0 Å². The van der Waals surface area contributed by atoms with E-state index in [0.29, 0.717) is 30.5 Å². The summed E-state index contributed by atoms with van der Waals surface area (Å²) in [6, 6.07) is 7.11. The lowest BCUT2D eigenvalue weighted by atomic mass is 10.0. The fourth-order valence-corrected chi connectivity index (χ4v) is 2.79. The molecule has 1 aromatic rings. The van der Waals surface area contributed by atoms with Crippen LogP contribution in [0.15, 0.2) is 24.3 Å². The van der Waals surface area contributed by atoms with Gasteiger partial charge in [0, 0.05) is 42.8 Å². The number of hydrogen-bond acceptors (Lipinski definition) is 3. The van der Waals surface area contributed by atoms with Crippen LogP contribution in [-0.2, 0) is 9.59 Å². The molecular formula is C15H18ClN3O2. The second kappa shape index (κ2) is 6.03. The van der Waals surface area contributed by atoms with Crippen LogP contribution in [-0.4, -0.2) is 38.0 Å². The molecule has 1 unspecified atom stereocenters. The lowest BCUT2D eigenvalue weighted by Crippen LogP contribution is -2.49. The maximum Gasteiger partial charge on any atom is 0.239 e. The van der Waals surface area contributed by atoms with E-state index in [1.54, 1.807) is 29.2 Å². The van der Waals surface area contributed by atoms with Gasteiger partial charge in [-0.1, -0.05) is 11.6 Å². The summed E-state index contributed by atoms with van der Waals surface area (Å²) in [6.07, 6.45) is 0.566. The Morgan fingerprint density at radius 2 is 2.05 bits per heavy atom. The number of amides is 2. The smallest absolute Gasteiger partial charge is 0.239 e. The van der Waals surface area contributed by atoms with Crippen molar-refractivity contribution in [2.45, 2.75) is 6.42 Å². The van der Waals surface area contributed by atoms with Crippen LogP contribution in [0.4, 0.5) is 5.69 Å². The highest BCUT2D eigenvalue weighted by atomic mass is 35.5. The number of hydrogen-bond donors (Lipinski definition) is 2. The summed E-state index contributed by atoms with van der Waals surface area (Å²) < 4.78 is 0. The second-order valence-corrected chi connectivity index (χ2v) is 6.01. The van der Waals surface area contributed by atoms with Gasteiger partial charge < -0.3 is 15.5 Å². The number of nitrogens with zero attached hydrogens (tertiary/aromatic N) is 1. The molecule has 2 amide bonds. The van der Waals surface area contributed by atoms with E-state index in [-0.39, 0.29) is 11.8 Å². The summed E-state index contributed by atoms with van der Waals surface area (Å²) in [5.41, 5.74) is 0.794. The molecule has 3 rings (SSSR count). The van der Waals surface area contributed by atoms with Crippen molar-refractivity contribution in [1.82, 2.24) is 10.6 Å². The van der Waals surface area contributed by atoms with E-state index >= 15 is 0 Å². The predicted molar refractivity (Wildman–Crippen MR) is 81.3 cm³/mol. The van der Waals surface area contributed by atoms with E-state index in [1.165, 1.54) is 0 Å². The molecule has 0 saturated carbocycles. The Morgan fingerprint density at radius 3 is 2.67 bits per heavy atom. The van der Waals surface area contributed by atoms with Gasteiger partial charge in [0.2, 0.25) is 11.8 Å². The highest BCUT2D eigenvalue weighted by Crippen LogP contribution is 2.26. The van der Waals surface area contributed by atoms with Crippen molar-refractivity contribution < 1.29 is 9.59 Å². The molecule has 0 bridgehead atoms. The Balaban J connectivity index is 1.59. The Kier molecular flexibility index (Phi) is 4.12. The molecule has 1 atom stereocenters. The molecule has 2 fully saturated rings. The van der Waals surface area contributed by atoms with Crippen LogP contribution >= 0.6 is 11.6 Å². The maximum atomic E-state index is 12.4. The van der Waals surface area contributed by atoms with Crippen LogP contribution < -0.4 is 15.5 Å². The summed E-state index contributed by atoms with van der Waals surface area (Å²) in [5.74, 6) is -0.337. The normalized spacial score (nSPS) is 22.2. The third-order valence-electron chi connectivity index (χ3n) is 4.09. The van der Waals surface area contributed by atoms with Gasteiger partial charge in [-0.2, -0.15) is 0 Å². The molecule has 2 aliphatic heterocycles. The number of carbonyl (C=O) groups is 2. The predicted octanol–water partition coefficient (Wildman–Crippen LogP) is 1.03. The summed E-state index contributed by atoms with van der Waals surface area (Å²) in [7, 11) is 0. The molecule has 0 aromatic heterocycles. The summed E-state index contributed by atoms with van der Waals surface area (Å²) >= 11 is 5.85. The number of anilines is 1. The molecule has 2 aliphatic rings. The first-order chi connectivity index (χ1) is 10.1. The van der Waals surface area contributed by atoms with Crippen molar-refractivity contribution in [3.8, 4) is 0 Å². The Labute approximate surface area is 128 Å². The highest BCUT2D eigenvalue weighted by molar-refractivity contribution is 6.30. The van der Waals surface area contributed by atoms with Crippen molar-refractivity contribution in [3.05, 3.63) is 29.3 Å². The minimum Gasteiger partial charge on any atom is -0.355 e.